The Morgan fingerprint density at radius 3 is 2.44 bits per heavy atom. The lowest BCUT2D eigenvalue weighted by Crippen LogP contribution is -1.95. The van der Waals surface area contributed by atoms with Crippen molar-refractivity contribution in [1.82, 2.24) is 4.98 Å². The molecule has 1 aromatic heterocycles. The fourth-order valence-electron chi connectivity index (χ4n) is 0.994. The smallest absolute Gasteiger partial charge is 0.0195 e. The molecule has 50 valence electrons. The van der Waals surface area contributed by atoms with Crippen molar-refractivity contribution in [3.8, 4) is 0 Å². The van der Waals surface area contributed by atoms with Gasteiger partial charge >= 0.3 is 0 Å². The number of nitrogens with two attached hydrogens (primary N) is 1. The number of H-pyrrole nitrogens is 1. The number of aromatic amines is 1. The highest BCUT2D eigenvalue weighted by molar-refractivity contribution is 5.23. The van der Waals surface area contributed by atoms with Crippen molar-refractivity contribution in [1.29, 1.82) is 0 Å². The third kappa shape index (κ3) is 1.13. The Labute approximate surface area is 55.1 Å². The molecule has 0 atom stereocenters. The minimum atomic E-state index is 0.635. The van der Waals surface area contributed by atoms with Crippen LogP contribution in [0.25, 0.3) is 0 Å². The van der Waals surface area contributed by atoms with Crippen molar-refractivity contribution in [3.05, 3.63) is 23.0 Å². The molecule has 0 aliphatic carbocycles. The number of hydrogen-bond acceptors (Lipinski definition) is 1. The SMILES string of the molecule is Cc1cc(CN)c(C)[nH]1. The molecule has 0 amide bonds. The molecule has 1 heterocycles. The molecule has 3 N–H and O–H groups in total. The second kappa shape index (κ2) is 2.23. The second-order valence-corrected chi connectivity index (χ2v) is 2.31. The largest absolute Gasteiger partial charge is 0.362 e. The van der Waals surface area contributed by atoms with Gasteiger partial charge in [-0.25, -0.2) is 0 Å². The Kier molecular flexibility index (Phi) is 1.58. The van der Waals surface area contributed by atoms with Crippen LogP contribution in [0.1, 0.15) is 17.0 Å². The number of hydrogen-bond donors (Lipinski definition) is 2. The molecule has 1 rings (SSSR count). The Balaban J connectivity index is 3.01. The van der Waals surface area contributed by atoms with Gasteiger partial charge in [0.1, 0.15) is 0 Å². The van der Waals surface area contributed by atoms with E-state index in [4.69, 9.17) is 5.73 Å². The Hall–Kier alpha value is -0.760. The van der Waals surface area contributed by atoms with Gasteiger partial charge in [-0.15, -0.1) is 0 Å². The van der Waals surface area contributed by atoms with Crippen LogP contribution in [0.4, 0.5) is 0 Å². The Morgan fingerprint density at radius 1 is 1.56 bits per heavy atom. The quantitative estimate of drug-likeness (QED) is 0.578. The molecular formula is C7H12N2. The molecule has 2 heteroatoms. The van der Waals surface area contributed by atoms with Crippen LogP contribution < -0.4 is 5.73 Å². The number of aryl methyl sites for hydroxylation is 2. The van der Waals surface area contributed by atoms with Crippen LogP contribution in [0, 0.1) is 13.8 Å². The predicted octanol–water partition coefficient (Wildman–Crippen LogP) is 1.09. The van der Waals surface area contributed by atoms with Crippen LogP contribution in [0.5, 0.6) is 0 Å². The summed E-state index contributed by atoms with van der Waals surface area (Å²) < 4.78 is 0. The van der Waals surface area contributed by atoms with Gasteiger partial charge < -0.3 is 10.7 Å². The zero-order valence-electron chi connectivity index (χ0n) is 5.86. The van der Waals surface area contributed by atoms with Gasteiger partial charge in [-0.05, 0) is 25.5 Å². The molecule has 0 aliphatic heterocycles. The first-order valence-corrected chi connectivity index (χ1v) is 3.09. The van der Waals surface area contributed by atoms with Gasteiger partial charge in [0.2, 0.25) is 0 Å². The summed E-state index contributed by atoms with van der Waals surface area (Å²) in [6.45, 7) is 4.71. The van der Waals surface area contributed by atoms with Gasteiger partial charge in [0, 0.05) is 17.9 Å². The van der Waals surface area contributed by atoms with Crippen LogP contribution in [0.3, 0.4) is 0 Å². The van der Waals surface area contributed by atoms with Crippen molar-refractivity contribution < 1.29 is 0 Å². The first kappa shape index (κ1) is 6.36. The van der Waals surface area contributed by atoms with Crippen molar-refractivity contribution in [2.24, 2.45) is 5.73 Å². The highest BCUT2D eigenvalue weighted by atomic mass is 14.7. The minimum Gasteiger partial charge on any atom is -0.362 e. The molecule has 0 fully saturated rings. The summed E-state index contributed by atoms with van der Waals surface area (Å²) in [6.07, 6.45) is 0. The highest BCUT2D eigenvalue weighted by Crippen LogP contribution is 2.06. The van der Waals surface area contributed by atoms with E-state index in [0.29, 0.717) is 6.54 Å². The van der Waals surface area contributed by atoms with E-state index in [1.807, 2.05) is 13.8 Å². The molecule has 1 aromatic rings. The molecule has 0 spiro atoms. The van der Waals surface area contributed by atoms with Gasteiger partial charge in [-0.3, -0.25) is 0 Å². The first-order valence-electron chi connectivity index (χ1n) is 3.09. The average molecular weight is 124 g/mol. The molecular weight excluding hydrogens is 112 g/mol. The summed E-state index contributed by atoms with van der Waals surface area (Å²) in [5, 5.41) is 0. The summed E-state index contributed by atoms with van der Waals surface area (Å²) in [6, 6.07) is 2.08. The molecule has 0 bridgehead atoms. The maximum Gasteiger partial charge on any atom is 0.0195 e. The van der Waals surface area contributed by atoms with Gasteiger partial charge in [-0.2, -0.15) is 0 Å². The maximum absolute atomic E-state index is 5.44. The topological polar surface area (TPSA) is 41.8 Å². The summed E-state index contributed by atoms with van der Waals surface area (Å²) in [5.41, 5.74) is 9.04. The van der Waals surface area contributed by atoms with E-state index in [2.05, 4.69) is 11.1 Å². The summed E-state index contributed by atoms with van der Waals surface area (Å²) in [4.78, 5) is 3.18. The third-order valence-corrected chi connectivity index (χ3v) is 1.48. The van der Waals surface area contributed by atoms with E-state index in [1.54, 1.807) is 0 Å². The fourth-order valence-corrected chi connectivity index (χ4v) is 0.994. The Morgan fingerprint density at radius 2 is 2.22 bits per heavy atom. The van der Waals surface area contributed by atoms with Crippen LogP contribution in [0.15, 0.2) is 6.07 Å². The molecule has 9 heavy (non-hydrogen) atoms. The molecule has 0 saturated carbocycles. The summed E-state index contributed by atoms with van der Waals surface area (Å²) in [7, 11) is 0. The van der Waals surface area contributed by atoms with Gasteiger partial charge in [0.25, 0.3) is 0 Å². The molecule has 0 aromatic carbocycles. The maximum atomic E-state index is 5.44. The normalized spacial score (nSPS) is 10.1. The molecule has 0 saturated heterocycles. The van der Waals surface area contributed by atoms with Crippen molar-refractivity contribution in [3.63, 3.8) is 0 Å². The summed E-state index contributed by atoms with van der Waals surface area (Å²) in [5.74, 6) is 0. The van der Waals surface area contributed by atoms with Gasteiger partial charge in [0.15, 0.2) is 0 Å². The number of nitrogens with one attached hydrogen (secondary N) is 1. The van der Waals surface area contributed by atoms with E-state index < -0.39 is 0 Å². The van der Waals surface area contributed by atoms with Crippen LogP contribution >= 0.6 is 0 Å². The van der Waals surface area contributed by atoms with Crippen LogP contribution in [0.2, 0.25) is 0 Å². The zero-order valence-corrected chi connectivity index (χ0v) is 5.86. The van der Waals surface area contributed by atoms with Gasteiger partial charge in [0.05, 0.1) is 0 Å². The Bertz CT molecular complexity index is 201. The monoisotopic (exact) mass is 124 g/mol. The summed E-state index contributed by atoms with van der Waals surface area (Å²) >= 11 is 0. The standard InChI is InChI=1S/C7H12N2/c1-5-3-7(4-8)6(2)9-5/h3,9H,4,8H2,1-2H3. The van der Waals surface area contributed by atoms with E-state index in [1.165, 1.54) is 17.0 Å². The predicted molar refractivity (Wildman–Crippen MR) is 38.2 cm³/mol. The fraction of sp³-hybridized carbons (Fsp3) is 0.429. The van der Waals surface area contributed by atoms with E-state index in [9.17, 15) is 0 Å². The third-order valence-electron chi connectivity index (χ3n) is 1.48. The van der Waals surface area contributed by atoms with Gasteiger partial charge in [-0.1, -0.05) is 0 Å². The first-order chi connectivity index (χ1) is 4.24. The molecule has 0 unspecified atom stereocenters. The zero-order chi connectivity index (χ0) is 6.85. The number of rotatable bonds is 1. The lowest BCUT2D eigenvalue weighted by Gasteiger charge is -1.88. The van der Waals surface area contributed by atoms with Crippen LogP contribution in [-0.2, 0) is 6.54 Å². The molecule has 2 nitrogen and oxygen atoms in total. The van der Waals surface area contributed by atoms with Crippen LogP contribution in [-0.4, -0.2) is 4.98 Å². The average Bonchev–Trinajstić information content (AvgIpc) is 2.10. The highest BCUT2D eigenvalue weighted by Gasteiger charge is 1.96. The van der Waals surface area contributed by atoms with Crippen molar-refractivity contribution in [2.45, 2.75) is 20.4 Å². The molecule has 0 radical (unpaired) electrons. The lowest BCUT2D eigenvalue weighted by atomic mass is 10.2. The second-order valence-electron chi connectivity index (χ2n) is 2.31. The minimum absolute atomic E-state index is 0.635. The lowest BCUT2D eigenvalue weighted by molar-refractivity contribution is 1.04. The number of aromatic nitrogens is 1. The van der Waals surface area contributed by atoms with E-state index in [0.717, 1.165) is 0 Å². The van der Waals surface area contributed by atoms with Crippen molar-refractivity contribution >= 4 is 0 Å². The van der Waals surface area contributed by atoms with E-state index >= 15 is 0 Å². The van der Waals surface area contributed by atoms with E-state index in [-0.39, 0.29) is 0 Å². The molecule has 0 aliphatic rings. The van der Waals surface area contributed by atoms with Crippen molar-refractivity contribution in [2.75, 3.05) is 0 Å².